The van der Waals surface area contributed by atoms with Crippen molar-refractivity contribution in [2.75, 3.05) is 13.7 Å². The second kappa shape index (κ2) is 6.75. The van der Waals surface area contributed by atoms with Gasteiger partial charge < -0.3 is 10.5 Å². The summed E-state index contributed by atoms with van der Waals surface area (Å²) in [4.78, 5) is 0. The number of rotatable bonds is 5. The second-order valence-corrected chi connectivity index (χ2v) is 6.79. The molecule has 17 heavy (non-hydrogen) atoms. The van der Waals surface area contributed by atoms with Crippen molar-refractivity contribution in [2.45, 2.75) is 65.3 Å². The Kier molecular flexibility index (Phi) is 5.94. The van der Waals surface area contributed by atoms with Crippen molar-refractivity contribution >= 4 is 0 Å². The molecule has 1 rings (SSSR count). The fraction of sp³-hybridized carbons (Fsp3) is 1.00. The van der Waals surface area contributed by atoms with Gasteiger partial charge in [0.15, 0.2) is 0 Å². The molecule has 2 N–H and O–H groups in total. The van der Waals surface area contributed by atoms with Crippen LogP contribution in [-0.2, 0) is 4.74 Å². The molecule has 0 heterocycles. The topological polar surface area (TPSA) is 35.2 Å². The van der Waals surface area contributed by atoms with E-state index >= 15 is 0 Å². The Morgan fingerprint density at radius 3 is 2.47 bits per heavy atom. The first-order valence-electron chi connectivity index (χ1n) is 7.19. The van der Waals surface area contributed by atoms with E-state index in [1.54, 1.807) is 7.11 Å². The molecule has 0 aliphatic heterocycles. The summed E-state index contributed by atoms with van der Waals surface area (Å²) in [5.41, 5.74) is 6.72. The molecule has 0 amide bonds. The highest BCUT2D eigenvalue weighted by Gasteiger charge is 2.33. The van der Waals surface area contributed by atoms with Crippen LogP contribution in [-0.4, -0.2) is 19.8 Å². The lowest BCUT2D eigenvalue weighted by molar-refractivity contribution is 0.118. The van der Waals surface area contributed by atoms with Gasteiger partial charge in [-0.1, -0.05) is 27.2 Å². The largest absolute Gasteiger partial charge is 0.385 e. The van der Waals surface area contributed by atoms with Crippen LogP contribution in [0, 0.1) is 17.3 Å². The maximum absolute atomic E-state index is 6.27. The van der Waals surface area contributed by atoms with E-state index in [1.165, 1.54) is 38.5 Å². The van der Waals surface area contributed by atoms with Crippen molar-refractivity contribution in [1.82, 2.24) is 0 Å². The Bertz CT molecular complexity index is 209. The van der Waals surface area contributed by atoms with Crippen molar-refractivity contribution in [2.24, 2.45) is 23.0 Å². The average molecular weight is 241 g/mol. The molecule has 0 radical (unpaired) electrons. The highest BCUT2D eigenvalue weighted by Crippen LogP contribution is 2.41. The van der Waals surface area contributed by atoms with Gasteiger partial charge in [0.05, 0.1) is 0 Å². The first-order chi connectivity index (χ1) is 7.95. The summed E-state index contributed by atoms with van der Waals surface area (Å²) in [6.07, 6.45) is 7.61. The van der Waals surface area contributed by atoms with Crippen LogP contribution in [0.1, 0.15) is 59.3 Å². The molecule has 3 unspecified atom stereocenters. The molecule has 3 atom stereocenters. The molecule has 0 saturated heterocycles. The van der Waals surface area contributed by atoms with Gasteiger partial charge in [-0.05, 0) is 49.4 Å². The van der Waals surface area contributed by atoms with Gasteiger partial charge in [-0.25, -0.2) is 0 Å². The number of hydrogen-bond acceptors (Lipinski definition) is 2. The minimum absolute atomic E-state index is 0.441. The van der Waals surface area contributed by atoms with Gasteiger partial charge in [0.25, 0.3) is 0 Å². The fourth-order valence-corrected chi connectivity index (χ4v) is 3.06. The van der Waals surface area contributed by atoms with E-state index in [1.807, 2.05) is 0 Å². The lowest BCUT2D eigenvalue weighted by atomic mass is 9.67. The summed E-state index contributed by atoms with van der Waals surface area (Å²) >= 11 is 0. The zero-order valence-corrected chi connectivity index (χ0v) is 12.2. The zero-order valence-electron chi connectivity index (χ0n) is 12.2. The molecule has 1 saturated carbocycles. The van der Waals surface area contributed by atoms with Crippen LogP contribution < -0.4 is 5.73 Å². The molecular weight excluding hydrogens is 210 g/mol. The van der Waals surface area contributed by atoms with Crippen molar-refractivity contribution in [3.63, 3.8) is 0 Å². The van der Waals surface area contributed by atoms with E-state index in [0.717, 1.165) is 18.4 Å². The predicted molar refractivity (Wildman–Crippen MR) is 74.0 cm³/mol. The molecule has 1 aliphatic rings. The Labute approximate surface area is 107 Å². The van der Waals surface area contributed by atoms with Gasteiger partial charge in [0, 0.05) is 19.8 Å². The van der Waals surface area contributed by atoms with Gasteiger partial charge in [0.1, 0.15) is 0 Å². The Hall–Kier alpha value is -0.0800. The van der Waals surface area contributed by atoms with Crippen molar-refractivity contribution in [3.8, 4) is 0 Å². The summed E-state index contributed by atoms with van der Waals surface area (Å²) in [5.74, 6) is 1.60. The first kappa shape index (κ1) is 15.0. The molecule has 0 aromatic rings. The SMILES string of the molecule is COCCCCC1CC(C(C)(C)C)CCC1N. The molecule has 2 nitrogen and oxygen atoms in total. The molecule has 1 fully saturated rings. The van der Waals surface area contributed by atoms with E-state index < -0.39 is 0 Å². The minimum Gasteiger partial charge on any atom is -0.385 e. The Balaban J connectivity index is 2.36. The van der Waals surface area contributed by atoms with Crippen LogP contribution in [0.5, 0.6) is 0 Å². The highest BCUT2D eigenvalue weighted by atomic mass is 16.5. The molecular formula is C15H31NO. The molecule has 0 spiro atoms. The van der Waals surface area contributed by atoms with Crippen LogP contribution in [0.2, 0.25) is 0 Å². The Morgan fingerprint density at radius 1 is 1.18 bits per heavy atom. The normalized spacial score (nSPS) is 30.5. The number of nitrogens with two attached hydrogens (primary N) is 1. The fourth-order valence-electron chi connectivity index (χ4n) is 3.06. The summed E-state index contributed by atoms with van der Waals surface area (Å²) in [6, 6.07) is 0.441. The molecule has 2 heteroatoms. The van der Waals surface area contributed by atoms with E-state index in [2.05, 4.69) is 20.8 Å². The van der Waals surface area contributed by atoms with Gasteiger partial charge >= 0.3 is 0 Å². The third-order valence-electron chi connectivity index (χ3n) is 4.44. The van der Waals surface area contributed by atoms with Crippen molar-refractivity contribution in [3.05, 3.63) is 0 Å². The van der Waals surface area contributed by atoms with Crippen LogP contribution >= 0.6 is 0 Å². The zero-order chi connectivity index (χ0) is 12.9. The molecule has 0 aromatic heterocycles. The highest BCUT2D eigenvalue weighted by molar-refractivity contribution is 4.87. The number of hydrogen-bond donors (Lipinski definition) is 1. The summed E-state index contributed by atoms with van der Waals surface area (Å²) in [7, 11) is 1.78. The maximum atomic E-state index is 6.27. The molecule has 1 aliphatic carbocycles. The predicted octanol–water partition coefficient (Wildman–Crippen LogP) is 3.59. The van der Waals surface area contributed by atoms with Crippen LogP contribution in [0.3, 0.4) is 0 Å². The average Bonchev–Trinajstić information content (AvgIpc) is 2.25. The van der Waals surface area contributed by atoms with Crippen LogP contribution in [0.4, 0.5) is 0 Å². The number of ether oxygens (including phenoxy) is 1. The van der Waals surface area contributed by atoms with E-state index in [-0.39, 0.29) is 0 Å². The van der Waals surface area contributed by atoms with Gasteiger partial charge in [-0.3, -0.25) is 0 Å². The lowest BCUT2D eigenvalue weighted by Gasteiger charge is -2.40. The standard InChI is InChI=1S/C15H31NO/c1-15(2,3)13-8-9-14(16)12(11-13)7-5-6-10-17-4/h12-14H,5-11,16H2,1-4H3. The summed E-state index contributed by atoms with van der Waals surface area (Å²) in [6.45, 7) is 8.01. The smallest absolute Gasteiger partial charge is 0.0462 e. The number of methoxy groups -OCH3 is 1. The van der Waals surface area contributed by atoms with Crippen LogP contribution in [0.25, 0.3) is 0 Å². The van der Waals surface area contributed by atoms with E-state index in [0.29, 0.717) is 11.5 Å². The monoisotopic (exact) mass is 241 g/mol. The van der Waals surface area contributed by atoms with Gasteiger partial charge in [0.2, 0.25) is 0 Å². The third-order valence-corrected chi connectivity index (χ3v) is 4.44. The summed E-state index contributed by atoms with van der Waals surface area (Å²) in [5, 5.41) is 0. The maximum Gasteiger partial charge on any atom is 0.0462 e. The minimum atomic E-state index is 0.441. The first-order valence-corrected chi connectivity index (χ1v) is 7.19. The lowest BCUT2D eigenvalue weighted by Crippen LogP contribution is -2.39. The Morgan fingerprint density at radius 2 is 1.88 bits per heavy atom. The summed E-state index contributed by atoms with van der Waals surface area (Å²) < 4.78 is 5.10. The van der Waals surface area contributed by atoms with E-state index in [4.69, 9.17) is 10.5 Å². The van der Waals surface area contributed by atoms with Gasteiger partial charge in [-0.15, -0.1) is 0 Å². The van der Waals surface area contributed by atoms with Crippen molar-refractivity contribution in [1.29, 1.82) is 0 Å². The molecule has 102 valence electrons. The quantitative estimate of drug-likeness (QED) is 0.747. The molecule has 0 bridgehead atoms. The van der Waals surface area contributed by atoms with Crippen LogP contribution in [0.15, 0.2) is 0 Å². The molecule has 0 aromatic carbocycles. The van der Waals surface area contributed by atoms with Crippen molar-refractivity contribution < 1.29 is 4.74 Å². The number of unbranched alkanes of at least 4 members (excludes halogenated alkanes) is 1. The third kappa shape index (κ3) is 4.97. The van der Waals surface area contributed by atoms with E-state index in [9.17, 15) is 0 Å². The van der Waals surface area contributed by atoms with Gasteiger partial charge in [-0.2, -0.15) is 0 Å². The second-order valence-electron chi connectivity index (χ2n) is 6.79.